The number of carboxylic acid groups (broad SMARTS) is 1. The third-order valence-corrected chi connectivity index (χ3v) is 4.92. The van der Waals surface area contributed by atoms with Crippen LogP contribution in [0, 0.1) is 0 Å². The van der Waals surface area contributed by atoms with Crippen molar-refractivity contribution in [1.29, 1.82) is 0 Å². The molecule has 0 spiro atoms. The molecule has 0 heterocycles. The number of halogens is 2. The highest BCUT2D eigenvalue weighted by molar-refractivity contribution is 9.10. The van der Waals surface area contributed by atoms with Crippen LogP contribution in [0.15, 0.2) is 27.6 Å². The fourth-order valence-corrected chi connectivity index (χ4v) is 3.81. The van der Waals surface area contributed by atoms with Crippen molar-refractivity contribution in [3.05, 3.63) is 27.7 Å². The van der Waals surface area contributed by atoms with Crippen LogP contribution in [0.3, 0.4) is 0 Å². The molecule has 0 aromatic heterocycles. The normalized spacial score (nSPS) is 13.2. The lowest BCUT2D eigenvalue weighted by molar-refractivity contribution is -0.137. The minimum atomic E-state index is -3.83. The number of rotatable bonds is 6. The molecule has 1 aromatic carbocycles. The molecular weight excluding hydrogens is 358 g/mol. The van der Waals surface area contributed by atoms with Crippen molar-refractivity contribution in [1.82, 2.24) is 4.72 Å². The van der Waals surface area contributed by atoms with Crippen molar-refractivity contribution in [2.45, 2.75) is 30.7 Å². The minimum Gasteiger partial charge on any atom is -0.481 e. The van der Waals surface area contributed by atoms with E-state index < -0.39 is 22.0 Å². The average molecular weight is 371 g/mol. The Morgan fingerprint density at radius 3 is 2.63 bits per heavy atom. The Labute approximate surface area is 125 Å². The second kappa shape index (κ2) is 6.69. The van der Waals surface area contributed by atoms with Crippen molar-refractivity contribution in [2.24, 2.45) is 0 Å². The molecule has 0 aliphatic rings. The van der Waals surface area contributed by atoms with E-state index in [0.717, 1.165) is 0 Å². The highest BCUT2D eigenvalue weighted by Gasteiger charge is 2.23. The van der Waals surface area contributed by atoms with Crippen molar-refractivity contribution in [3.8, 4) is 0 Å². The summed E-state index contributed by atoms with van der Waals surface area (Å²) < 4.78 is 27.2. The number of hydrogen-bond acceptors (Lipinski definition) is 3. The third-order valence-electron chi connectivity index (χ3n) is 2.42. The number of nitrogens with one attached hydrogen (secondary N) is 1. The van der Waals surface area contributed by atoms with Gasteiger partial charge in [0.05, 0.1) is 11.4 Å². The fourth-order valence-electron chi connectivity index (χ4n) is 1.46. The van der Waals surface area contributed by atoms with Crippen LogP contribution < -0.4 is 4.72 Å². The summed E-state index contributed by atoms with van der Waals surface area (Å²) in [5.41, 5.74) is 0. The Kier molecular flexibility index (Phi) is 5.79. The molecule has 0 saturated heterocycles. The largest absolute Gasteiger partial charge is 0.481 e. The number of carbonyl (C=O) groups is 1. The fraction of sp³-hybridized carbons (Fsp3) is 0.364. The molecule has 8 heteroatoms. The maximum atomic E-state index is 12.1. The first kappa shape index (κ1) is 16.4. The van der Waals surface area contributed by atoms with E-state index in [9.17, 15) is 13.2 Å². The van der Waals surface area contributed by atoms with Gasteiger partial charge in [-0.15, -0.1) is 0 Å². The maximum absolute atomic E-state index is 12.1. The Bertz CT molecular complexity index is 576. The van der Waals surface area contributed by atoms with Gasteiger partial charge in [-0.1, -0.05) is 34.5 Å². The SMILES string of the molecule is CCC(CC(=O)O)NS(=O)(=O)c1ccc(Br)cc1Cl. The van der Waals surface area contributed by atoms with E-state index in [-0.39, 0.29) is 16.3 Å². The van der Waals surface area contributed by atoms with E-state index in [1.165, 1.54) is 12.1 Å². The molecule has 19 heavy (non-hydrogen) atoms. The molecule has 106 valence electrons. The van der Waals surface area contributed by atoms with Crippen LogP contribution in [0.1, 0.15) is 19.8 Å². The van der Waals surface area contributed by atoms with Gasteiger partial charge in [-0.3, -0.25) is 4.79 Å². The topological polar surface area (TPSA) is 83.5 Å². The summed E-state index contributed by atoms with van der Waals surface area (Å²) in [5.74, 6) is -1.06. The van der Waals surface area contributed by atoms with E-state index in [0.29, 0.717) is 10.9 Å². The quantitative estimate of drug-likeness (QED) is 0.806. The van der Waals surface area contributed by atoms with Gasteiger partial charge in [0, 0.05) is 10.5 Å². The molecule has 1 atom stereocenters. The predicted molar refractivity (Wildman–Crippen MR) is 75.8 cm³/mol. The smallest absolute Gasteiger partial charge is 0.304 e. The zero-order valence-electron chi connectivity index (χ0n) is 10.1. The molecule has 1 unspecified atom stereocenters. The van der Waals surface area contributed by atoms with Crippen LogP contribution in [0.2, 0.25) is 5.02 Å². The van der Waals surface area contributed by atoms with Crippen LogP contribution >= 0.6 is 27.5 Å². The summed E-state index contributed by atoms with van der Waals surface area (Å²) in [6.07, 6.45) is 0.101. The second-order valence-corrected chi connectivity index (χ2v) is 6.90. The van der Waals surface area contributed by atoms with Crippen molar-refractivity contribution in [3.63, 3.8) is 0 Å². The standard InChI is InChI=1S/C11H13BrClNO4S/c1-2-8(6-11(15)16)14-19(17,18)10-4-3-7(12)5-9(10)13/h3-5,8,14H,2,6H2,1H3,(H,15,16). The van der Waals surface area contributed by atoms with E-state index >= 15 is 0 Å². The molecule has 0 fully saturated rings. The van der Waals surface area contributed by atoms with Crippen LogP contribution in [0.5, 0.6) is 0 Å². The molecule has 0 amide bonds. The van der Waals surface area contributed by atoms with Gasteiger partial charge < -0.3 is 5.11 Å². The summed E-state index contributed by atoms with van der Waals surface area (Å²) >= 11 is 9.06. The monoisotopic (exact) mass is 369 g/mol. The van der Waals surface area contributed by atoms with Crippen LogP contribution in [-0.4, -0.2) is 25.5 Å². The van der Waals surface area contributed by atoms with Crippen molar-refractivity contribution >= 4 is 43.5 Å². The number of aliphatic carboxylic acids is 1. The van der Waals surface area contributed by atoms with Gasteiger partial charge in [0.25, 0.3) is 0 Å². The van der Waals surface area contributed by atoms with Gasteiger partial charge in [0.15, 0.2) is 0 Å². The van der Waals surface area contributed by atoms with E-state index in [1.54, 1.807) is 13.0 Å². The summed E-state index contributed by atoms with van der Waals surface area (Å²) in [5, 5.41) is 8.78. The number of benzene rings is 1. The van der Waals surface area contributed by atoms with Gasteiger partial charge >= 0.3 is 5.97 Å². The van der Waals surface area contributed by atoms with Gasteiger partial charge in [0.1, 0.15) is 4.90 Å². The first-order valence-electron chi connectivity index (χ1n) is 5.45. The average Bonchev–Trinajstić information content (AvgIpc) is 2.26. The van der Waals surface area contributed by atoms with Crippen molar-refractivity contribution < 1.29 is 18.3 Å². The van der Waals surface area contributed by atoms with Crippen molar-refractivity contribution in [2.75, 3.05) is 0 Å². The molecular formula is C11H13BrClNO4S. The maximum Gasteiger partial charge on any atom is 0.304 e. The molecule has 1 rings (SSSR count). The lowest BCUT2D eigenvalue weighted by atomic mass is 10.2. The van der Waals surface area contributed by atoms with Gasteiger partial charge in [-0.25, -0.2) is 13.1 Å². The van der Waals surface area contributed by atoms with Gasteiger partial charge in [-0.05, 0) is 24.6 Å². The molecule has 1 aromatic rings. The Balaban J connectivity index is 3.00. The zero-order valence-corrected chi connectivity index (χ0v) is 13.2. The summed E-state index contributed by atoms with van der Waals surface area (Å²) in [6.45, 7) is 1.71. The number of carboxylic acids is 1. The lowest BCUT2D eigenvalue weighted by Crippen LogP contribution is -2.36. The Morgan fingerprint density at radius 1 is 1.53 bits per heavy atom. The zero-order chi connectivity index (χ0) is 14.6. The van der Waals surface area contributed by atoms with Gasteiger partial charge in [0.2, 0.25) is 10.0 Å². The van der Waals surface area contributed by atoms with E-state index in [2.05, 4.69) is 20.7 Å². The summed E-state index contributed by atoms with van der Waals surface area (Å²) in [4.78, 5) is 10.6. The first-order chi connectivity index (χ1) is 8.76. The summed E-state index contributed by atoms with van der Waals surface area (Å²) in [6, 6.07) is 3.72. The number of hydrogen-bond donors (Lipinski definition) is 2. The lowest BCUT2D eigenvalue weighted by Gasteiger charge is -2.15. The first-order valence-corrected chi connectivity index (χ1v) is 8.11. The number of sulfonamides is 1. The van der Waals surface area contributed by atoms with E-state index in [4.69, 9.17) is 16.7 Å². The minimum absolute atomic E-state index is 0.0683. The predicted octanol–water partition coefficient (Wildman–Crippen LogP) is 2.63. The molecule has 0 radical (unpaired) electrons. The summed E-state index contributed by atoms with van der Waals surface area (Å²) in [7, 11) is -3.83. The second-order valence-electron chi connectivity index (χ2n) is 3.90. The van der Waals surface area contributed by atoms with Crippen LogP contribution in [-0.2, 0) is 14.8 Å². The third kappa shape index (κ3) is 4.76. The highest BCUT2D eigenvalue weighted by Crippen LogP contribution is 2.25. The molecule has 0 aliphatic carbocycles. The Morgan fingerprint density at radius 2 is 2.16 bits per heavy atom. The molecule has 0 saturated carbocycles. The van der Waals surface area contributed by atoms with E-state index in [1.807, 2.05) is 0 Å². The molecule has 5 nitrogen and oxygen atoms in total. The molecule has 0 bridgehead atoms. The van der Waals surface area contributed by atoms with Crippen LogP contribution in [0.4, 0.5) is 0 Å². The van der Waals surface area contributed by atoms with Crippen LogP contribution in [0.25, 0.3) is 0 Å². The Hall–Kier alpha value is -0.630. The molecule has 0 aliphatic heterocycles. The highest BCUT2D eigenvalue weighted by atomic mass is 79.9. The van der Waals surface area contributed by atoms with Gasteiger partial charge in [-0.2, -0.15) is 0 Å². The molecule has 2 N–H and O–H groups in total.